The predicted octanol–water partition coefficient (Wildman–Crippen LogP) is 3.43. The summed E-state index contributed by atoms with van der Waals surface area (Å²) in [6.07, 6.45) is -0.384. The molecular formula is C25H36O8. The van der Waals surface area contributed by atoms with Crippen LogP contribution in [0, 0.1) is 11.8 Å². The molecule has 1 N–H and O–H groups in total. The summed E-state index contributed by atoms with van der Waals surface area (Å²) in [5.74, 6) is -4.70. The summed E-state index contributed by atoms with van der Waals surface area (Å²) in [5, 5.41) is 11.2. The molecule has 184 valence electrons. The number of carbonyl (C=O) groups excluding carboxylic acids is 3. The molecule has 1 aromatic rings. The molecule has 0 aliphatic heterocycles. The molecule has 0 radical (unpaired) electrons. The number of ether oxygens (including phenoxy) is 4. The van der Waals surface area contributed by atoms with Crippen LogP contribution in [0.15, 0.2) is 18.2 Å². The van der Waals surface area contributed by atoms with Gasteiger partial charge in [-0.2, -0.15) is 0 Å². The normalized spacial score (nSPS) is 25.9. The smallest absolute Gasteiger partial charge is 0.317 e. The van der Waals surface area contributed by atoms with Crippen LogP contribution >= 0.6 is 0 Å². The first-order valence-corrected chi connectivity index (χ1v) is 10.9. The molecule has 33 heavy (non-hydrogen) atoms. The first-order chi connectivity index (χ1) is 15.0. The summed E-state index contributed by atoms with van der Waals surface area (Å²) in [7, 11) is 2.94. The van der Waals surface area contributed by atoms with E-state index in [0.717, 1.165) is 0 Å². The van der Waals surface area contributed by atoms with E-state index >= 15 is 0 Å². The molecule has 1 aromatic carbocycles. The highest BCUT2D eigenvalue weighted by Gasteiger charge is 2.58. The minimum Gasteiger partial charge on any atom is -0.493 e. The van der Waals surface area contributed by atoms with E-state index in [0.29, 0.717) is 17.1 Å². The summed E-state index contributed by atoms with van der Waals surface area (Å²) in [6, 6.07) is 4.88. The van der Waals surface area contributed by atoms with Crippen molar-refractivity contribution in [2.24, 2.45) is 11.8 Å². The Morgan fingerprint density at radius 1 is 0.939 bits per heavy atom. The van der Waals surface area contributed by atoms with E-state index in [2.05, 4.69) is 0 Å². The predicted molar refractivity (Wildman–Crippen MR) is 121 cm³/mol. The van der Waals surface area contributed by atoms with Crippen LogP contribution in [-0.2, 0) is 23.9 Å². The zero-order valence-corrected chi connectivity index (χ0v) is 21.0. The standard InChI is InChI=1S/C25H36O8/c1-23(2,3)32-21(27)19-15(26)13-25(7,29)20(22(28)33-24(4,5)6)18(19)14-10-11-16(30-8)17(12-14)31-9/h10-12,18-20,29H,13H2,1-9H3/t18-,19-,20+,25-/m1/s1. The lowest BCUT2D eigenvalue weighted by molar-refractivity contribution is -0.182. The van der Waals surface area contributed by atoms with Crippen LogP contribution in [0.2, 0.25) is 0 Å². The van der Waals surface area contributed by atoms with Crippen LogP contribution in [0.5, 0.6) is 11.5 Å². The van der Waals surface area contributed by atoms with Crippen molar-refractivity contribution in [3.63, 3.8) is 0 Å². The van der Waals surface area contributed by atoms with E-state index < -0.39 is 52.3 Å². The van der Waals surface area contributed by atoms with Gasteiger partial charge in [-0.25, -0.2) is 0 Å². The Hall–Kier alpha value is -2.61. The van der Waals surface area contributed by atoms with Crippen LogP contribution in [0.3, 0.4) is 0 Å². The molecule has 8 heteroatoms. The number of rotatable bonds is 5. The Bertz CT molecular complexity index is 904. The van der Waals surface area contributed by atoms with Crippen LogP contribution in [0.25, 0.3) is 0 Å². The van der Waals surface area contributed by atoms with Gasteiger partial charge in [0.25, 0.3) is 0 Å². The van der Waals surface area contributed by atoms with Crippen LogP contribution < -0.4 is 9.47 Å². The van der Waals surface area contributed by atoms with Gasteiger partial charge in [-0.1, -0.05) is 6.07 Å². The Kier molecular flexibility index (Phi) is 7.53. The van der Waals surface area contributed by atoms with Gasteiger partial charge in [0, 0.05) is 12.3 Å². The molecule has 1 aliphatic rings. The molecule has 8 nitrogen and oxygen atoms in total. The van der Waals surface area contributed by atoms with Crippen molar-refractivity contribution < 1.29 is 38.4 Å². The van der Waals surface area contributed by atoms with Crippen molar-refractivity contribution in [2.45, 2.75) is 77.6 Å². The van der Waals surface area contributed by atoms with Crippen molar-refractivity contribution in [1.82, 2.24) is 0 Å². The molecule has 0 saturated heterocycles. The molecule has 0 bridgehead atoms. The number of ketones is 1. The van der Waals surface area contributed by atoms with Gasteiger partial charge in [-0.05, 0) is 66.2 Å². The van der Waals surface area contributed by atoms with E-state index in [4.69, 9.17) is 18.9 Å². The van der Waals surface area contributed by atoms with E-state index in [9.17, 15) is 19.5 Å². The summed E-state index contributed by atoms with van der Waals surface area (Å²) in [6.45, 7) is 11.7. The van der Waals surface area contributed by atoms with Crippen molar-refractivity contribution in [3.05, 3.63) is 23.8 Å². The van der Waals surface area contributed by atoms with Gasteiger partial charge in [0.05, 0.1) is 25.7 Å². The Balaban J connectivity index is 2.72. The molecule has 0 amide bonds. The Morgan fingerprint density at radius 2 is 1.45 bits per heavy atom. The van der Waals surface area contributed by atoms with Gasteiger partial charge in [-0.3, -0.25) is 14.4 Å². The molecule has 1 saturated carbocycles. The SMILES string of the molecule is COc1ccc([C@@H]2[C@H](C(=O)OC(C)(C)C)C(=O)C[C@@](C)(O)[C@@H]2C(=O)OC(C)(C)C)cc1OC. The Labute approximate surface area is 195 Å². The quantitative estimate of drug-likeness (QED) is 0.522. The molecule has 2 rings (SSSR count). The van der Waals surface area contributed by atoms with Gasteiger partial charge < -0.3 is 24.1 Å². The number of carbonyl (C=O) groups is 3. The van der Waals surface area contributed by atoms with Crippen molar-refractivity contribution in [2.75, 3.05) is 14.2 Å². The third-order valence-electron chi connectivity index (χ3n) is 5.38. The van der Waals surface area contributed by atoms with E-state index in [1.54, 1.807) is 59.7 Å². The Morgan fingerprint density at radius 3 is 1.94 bits per heavy atom. The van der Waals surface area contributed by atoms with Crippen molar-refractivity contribution in [3.8, 4) is 11.5 Å². The number of aliphatic hydroxyl groups is 1. The van der Waals surface area contributed by atoms with E-state index in [-0.39, 0.29) is 6.42 Å². The summed E-state index contributed by atoms with van der Waals surface area (Å²) < 4.78 is 21.9. The lowest BCUT2D eigenvalue weighted by atomic mass is 9.61. The van der Waals surface area contributed by atoms with Gasteiger partial charge in [-0.15, -0.1) is 0 Å². The van der Waals surface area contributed by atoms with Gasteiger partial charge in [0.1, 0.15) is 17.1 Å². The van der Waals surface area contributed by atoms with Crippen molar-refractivity contribution in [1.29, 1.82) is 0 Å². The van der Waals surface area contributed by atoms with E-state index in [1.807, 2.05) is 0 Å². The second-order valence-corrected chi connectivity index (χ2v) is 10.7. The maximum Gasteiger partial charge on any atom is 0.317 e. The third kappa shape index (κ3) is 6.25. The first kappa shape index (κ1) is 26.6. The number of hydrogen-bond acceptors (Lipinski definition) is 8. The highest BCUT2D eigenvalue weighted by Crippen LogP contribution is 2.48. The number of esters is 2. The van der Waals surface area contributed by atoms with Crippen LogP contribution in [-0.4, -0.2) is 53.9 Å². The van der Waals surface area contributed by atoms with E-state index in [1.165, 1.54) is 21.1 Å². The maximum atomic E-state index is 13.3. The molecule has 1 aliphatic carbocycles. The molecule has 1 fully saturated rings. The average molecular weight is 465 g/mol. The molecular weight excluding hydrogens is 428 g/mol. The zero-order valence-electron chi connectivity index (χ0n) is 21.0. The largest absolute Gasteiger partial charge is 0.493 e. The summed E-state index contributed by atoms with van der Waals surface area (Å²) in [5.41, 5.74) is -2.97. The fourth-order valence-electron chi connectivity index (χ4n) is 4.21. The minimum absolute atomic E-state index is 0.360. The number of Topliss-reactive ketones (excluding diaryl/α,β-unsaturated/α-hetero) is 1. The van der Waals surface area contributed by atoms with Crippen LogP contribution in [0.1, 0.15) is 66.4 Å². The monoisotopic (exact) mass is 464 g/mol. The fraction of sp³-hybridized carbons (Fsp3) is 0.640. The molecule has 0 spiro atoms. The molecule has 0 aromatic heterocycles. The lowest BCUT2D eigenvalue weighted by Crippen LogP contribution is -2.56. The summed E-state index contributed by atoms with van der Waals surface area (Å²) >= 11 is 0. The number of benzene rings is 1. The second kappa shape index (κ2) is 9.33. The zero-order chi connectivity index (χ0) is 25.4. The highest BCUT2D eigenvalue weighted by molar-refractivity contribution is 6.03. The lowest BCUT2D eigenvalue weighted by Gasteiger charge is -2.44. The second-order valence-electron chi connectivity index (χ2n) is 10.7. The average Bonchev–Trinajstić information content (AvgIpc) is 2.62. The number of hydrogen-bond donors (Lipinski definition) is 1. The van der Waals surface area contributed by atoms with Gasteiger partial charge in [0.2, 0.25) is 0 Å². The van der Waals surface area contributed by atoms with Crippen molar-refractivity contribution >= 4 is 17.7 Å². The maximum absolute atomic E-state index is 13.3. The van der Waals surface area contributed by atoms with Gasteiger partial charge >= 0.3 is 11.9 Å². The number of methoxy groups -OCH3 is 2. The minimum atomic E-state index is -1.74. The third-order valence-corrected chi connectivity index (χ3v) is 5.38. The molecule has 0 heterocycles. The van der Waals surface area contributed by atoms with Crippen LogP contribution in [0.4, 0.5) is 0 Å². The summed E-state index contributed by atoms with van der Waals surface area (Å²) in [4.78, 5) is 39.7. The van der Waals surface area contributed by atoms with Gasteiger partial charge in [0.15, 0.2) is 17.3 Å². The highest BCUT2D eigenvalue weighted by atomic mass is 16.6. The molecule has 4 atom stereocenters. The molecule has 0 unspecified atom stereocenters. The first-order valence-electron chi connectivity index (χ1n) is 10.9. The topological polar surface area (TPSA) is 108 Å². The fourth-order valence-corrected chi connectivity index (χ4v) is 4.21.